The van der Waals surface area contributed by atoms with Crippen LogP contribution in [-0.4, -0.2) is 44.9 Å². The number of carbonyl (C=O) groups is 1. The van der Waals surface area contributed by atoms with Crippen molar-refractivity contribution in [2.75, 3.05) is 0 Å². The van der Waals surface area contributed by atoms with Gasteiger partial charge in [0, 0.05) is 18.4 Å². The number of carbonyl (C=O) groups excluding carboxylic acids is 1. The first-order chi connectivity index (χ1) is 15.8. The summed E-state index contributed by atoms with van der Waals surface area (Å²) in [7, 11) is 0. The molecule has 2 aliphatic heterocycles. The van der Waals surface area contributed by atoms with E-state index in [9.17, 15) is 9.18 Å². The second-order valence-corrected chi connectivity index (χ2v) is 8.93. The summed E-state index contributed by atoms with van der Waals surface area (Å²) < 4.78 is 26.3. The van der Waals surface area contributed by atoms with Crippen LogP contribution in [0.25, 0.3) is 0 Å². The van der Waals surface area contributed by atoms with E-state index in [0.717, 1.165) is 24.8 Å². The number of rotatable bonds is 6. The third-order valence-electron chi connectivity index (χ3n) is 6.40. The second-order valence-electron chi connectivity index (χ2n) is 8.93. The molecule has 0 saturated carbocycles. The maximum absolute atomic E-state index is 14.4. The smallest absolute Gasteiger partial charge is 0.323 e. The second kappa shape index (κ2) is 9.33. The first kappa shape index (κ1) is 22.9. The monoisotopic (exact) mass is 455 g/mol. The van der Waals surface area contributed by atoms with Crippen molar-refractivity contribution in [2.24, 2.45) is 5.92 Å². The number of aromatic nitrogens is 2. The average molecular weight is 456 g/mol. The van der Waals surface area contributed by atoms with Gasteiger partial charge in [0.15, 0.2) is 11.6 Å². The van der Waals surface area contributed by atoms with Crippen LogP contribution in [0.3, 0.4) is 0 Å². The topological polar surface area (TPSA) is 100 Å². The van der Waals surface area contributed by atoms with Crippen LogP contribution in [-0.2, 0) is 6.42 Å². The van der Waals surface area contributed by atoms with E-state index in [1.807, 2.05) is 26.8 Å². The van der Waals surface area contributed by atoms with Crippen LogP contribution in [0.2, 0.25) is 0 Å². The predicted octanol–water partition coefficient (Wildman–Crippen LogP) is 4.61. The minimum absolute atomic E-state index is 0.0497. The molecule has 2 fully saturated rings. The standard InChI is InChI=1S/C24H30FN5O3/c1-5-15-6-9-19(17(25)10-15)32-22-14(4)23(28-12-27-22)33-20-11-16-7-8-18(20)30(16)24(31)29-21(26)13(2)3/h6,9-10,12-13,16,18,20H,5,7-8,11H2,1-4H3,(H2,26,29,31)/t16?,18?,20-/m0/s1. The number of hydrogen-bond donors (Lipinski definition) is 2. The zero-order valence-electron chi connectivity index (χ0n) is 19.4. The molecule has 176 valence electrons. The number of fused-ring (bicyclic) bond motifs is 2. The lowest BCUT2D eigenvalue weighted by Gasteiger charge is -2.25. The number of urea groups is 1. The quantitative estimate of drug-likeness (QED) is 0.490. The van der Waals surface area contributed by atoms with Gasteiger partial charge >= 0.3 is 6.03 Å². The number of halogens is 1. The van der Waals surface area contributed by atoms with Gasteiger partial charge in [0.25, 0.3) is 0 Å². The highest BCUT2D eigenvalue weighted by molar-refractivity contribution is 5.97. The molecular formula is C24H30FN5O3. The summed E-state index contributed by atoms with van der Waals surface area (Å²) in [5, 5.41) is 10.7. The number of ether oxygens (including phenoxy) is 2. The Morgan fingerprint density at radius 2 is 2.06 bits per heavy atom. The molecule has 9 heteroatoms. The van der Waals surface area contributed by atoms with Crippen LogP contribution in [0, 0.1) is 24.1 Å². The summed E-state index contributed by atoms with van der Waals surface area (Å²) in [6.07, 6.45) is 4.29. The Balaban J connectivity index is 1.47. The van der Waals surface area contributed by atoms with Crippen LogP contribution in [0.15, 0.2) is 24.5 Å². The summed E-state index contributed by atoms with van der Waals surface area (Å²) in [6, 6.07) is 4.60. The summed E-state index contributed by atoms with van der Waals surface area (Å²) >= 11 is 0. The van der Waals surface area contributed by atoms with Gasteiger partial charge in [-0.1, -0.05) is 26.8 Å². The number of amides is 2. The fraction of sp³-hybridized carbons (Fsp3) is 0.500. The van der Waals surface area contributed by atoms with Crippen molar-refractivity contribution in [1.29, 1.82) is 5.41 Å². The minimum Gasteiger partial charge on any atom is -0.472 e. The van der Waals surface area contributed by atoms with E-state index in [1.165, 1.54) is 12.4 Å². The molecule has 3 atom stereocenters. The van der Waals surface area contributed by atoms with Crippen LogP contribution >= 0.6 is 0 Å². The fourth-order valence-corrected chi connectivity index (χ4v) is 4.44. The Morgan fingerprint density at radius 3 is 2.76 bits per heavy atom. The predicted molar refractivity (Wildman–Crippen MR) is 121 cm³/mol. The van der Waals surface area contributed by atoms with Crippen LogP contribution in [0.4, 0.5) is 9.18 Å². The largest absolute Gasteiger partial charge is 0.472 e. The Hall–Kier alpha value is -3.23. The van der Waals surface area contributed by atoms with Crippen LogP contribution in [0.5, 0.6) is 17.5 Å². The van der Waals surface area contributed by atoms with Gasteiger partial charge in [-0.25, -0.2) is 19.2 Å². The molecule has 33 heavy (non-hydrogen) atoms. The number of nitrogens with one attached hydrogen (secondary N) is 2. The molecule has 1 aromatic carbocycles. The highest BCUT2D eigenvalue weighted by Crippen LogP contribution is 2.40. The van der Waals surface area contributed by atoms with E-state index in [0.29, 0.717) is 17.9 Å². The number of aryl methyl sites for hydroxylation is 1. The highest BCUT2D eigenvalue weighted by atomic mass is 19.1. The lowest BCUT2D eigenvalue weighted by Crippen LogP contribution is -2.47. The molecule has 0 radical (unpaired) electrons. The number of amidine groups is 1. The van der Waals surface area contributed by atoms with Gasteiger partial charge in [-0.15, -0.1) is 0 Å². The lowest BCUT2D eigenvalue weighted by atomic mass is 9.98. The molecule has 2 amide bonds. The summed E-state index contributed by atoms with van der Waals surface area (Å²) in [5.41, 5.74) is 1.45. The van der Waals surface area contributed by atoms with E-state index in [-0.39, 0.29) is 47.6 Å². The van der Waals surface area contributed by atoms with E-state index in [2.05, 4.69) is 15.3 Å². The maximum atomic E-state index is 14.4. The van der Waals surface area contributed by atoms with E-state index >= 15 is 0 Å². The van der Waals surface area contributed by atoms with E-state index in [4.69, 9.17) is 14.9 Å². The van der Waals surface area contributed by atoms with Crippen molar-refractivity contribution >= 4 is 11.9 Å². The van der Waals surface area contributed by atoms with Crippen molar-refractivity contribution in [3.8, 4) is 17.5 Å². The molecule has 2 saturated heterocycles. The molecule has 0 spiro atoms. The SMILES string of the molecule is CCc1ccc(Oc2ncnc(O[C@H]3CC4CCC3N4C(=O)NC(=N)C(C)C)c2C)c(F)c1. The third kappa shape index (κ3) is 4.62. The zero-order chi connectivity index (χ0) is 23.7. The molecular weight excluding hydrogens is 425 g/mol. The van der Waals surface area contributed by atoms with E-state index in [1.54, 1.807) is 17.9 Å². The number of benzene rings is 1. The van der Waals surface area contributed by atoms with Crippen LogP contribution < -0.4 is 14.8 Å². The Bertz CT molecular complexity index is 1060. The number of nitrogens with zero attached hydrogens (tertiary/aromatic N) is 3. The zero-order valence-corrected chi connectivity index (χ0v) is 19.4. The molecule has 0 aliphatic carbocycles. The van der Waals surface area contributed by atoms with Crippen molar-refractivity contribution in [3.05, 3.63) is 41.5 Å². The maximum Gasteiger partial charge on any atom is 0.323 e. The summed E-state index contributed by atoms with van der Waals surface area (Å²) in [5.74, 6) is 0.388. The molecule has 2 aromatic rings. The normalized spacial score (nSPS) is 21.4. The van der Waals surface area contributed by atoms with Gasteiger partial charge in [0.05, 0.1) is 11.6 Å². The van der Waals surface area contributed by atoms with Gasteiger partial charge in [-0.3, -0.25) is 10.7 Å². The van der Waals surface area contributed by atoms with Gasteiger partial charge in [0.2, 0.25) is 11.8 Å². The van der Waals surface area contributed by atoms with Gasteiger partial charge < -0.3 is 14.4 Å². The molecule has 3 heterocycles. The van der Waals surface area contributed by atoms with Crippen molar-refractivity contribution in [1.82, 2.24) is 20.2 Å². The molecule has 2 bridgehead atoms. The van der Waals surface area contributed by atoms with Crippen molar-refractivity contribution < 1.29 is 18.7 Å². The molecule has 2 unspecified atom stereocenters. The highest BCUT2D eigenvalue weighted by Gasteiger charge is 2.50. The minimum atomic E-state index is -0.448. The van der Waals surface area contributed by atoms with E-state index < -0.39 is 5.82 Å². The third-order valence-corrected chi connectivity index (χ3v) is 6.40. The van der Waals surface area contributed by atoms with Crippen molar-refractivity contribution in [3.63, 3.8) is 0 Å². The van der Waals surface area contributed by atoms with Gasteiger partial charge in [-0.2, -0.15) is 0 Å². The van der Waals surface area contributed by atoms with Crippen molar-refractivity contribution in [2.45, 2.75) is 71.6 Å². The molecule has 1 aromatic heterocycles. The summed E-state index contributed by atoms with van der Waals surface area (Å²) in [6.45, 7) is 7.47. The van der Waals surface area contributed by atoms with Crippen LogP contribution in [0.1, 0.15) is 51.2 Å². The van der Waals surface area contributed by atoms with Gasteiger partial charge in [-0.05, 0) is 43.9 Å². The first-order valence-corrected chi connectivity index (χ1v) is 11.4. The van der Waals surface area contributed by atoms with Gasteiger partial charge in [0.1, 0.15) is 18.3 Å². The Morgan fingerprint density at radius 1 is 1.30 bits per heavy atom. The first-order valence-electron chi connectivity index (χ1n) is 11.4. The average Bonchev–Trinajstić information content (AvgIpc) is 3.35. The molecule has 2 N–H and O–H groups in total. The number of hydrogen-bond acceptors (Lipinski definition) is 6. The lowest BCUT2D eigenvalue weighted by molar-refractivity contribution is 0.140. The molecule has 2 aliphatic rings. The Kier molecular flexibility index (Phi) is 6.49. The Labute approximate surface area is 193 Å². The fourth-order valence-electron chi connectivity index (χ4n) is 4.44. The summed E-state index contributed by atoms with van der Waals surface area (Å²) in [4.78, 5) is 23.0. The molecule has 4 rings (SSSR count). The molecule has 8 nitrogen and oxygen atoms in total.